The Morgan fingerprint density at radius 2 is 2.06 bits per heavy atom. The number of hydrogen-bond acceptors (Lipinski definition) is 7. The molecule has 33 heavy (non-hydrogen) atoms. The Morgan fingerprint density at radius 3 is 2.70 bits per heavy atom. The van der Waals surface area contributed by atoms with Gasteiger partial charge in [-0.3, -0.25) is 4.79 Å². The first kappa shape index (κ1) is 24.2. The maximum atomic E-state index is 12.6. The van der Waals surface area contributed by atoms with Crippen LogP contribution in [0.4, 0.5) is 19.6 Å². The van der Waals surface area contributed by atoms with E-state index in [1.54, 1.807) is 48.2 Å². The average Bonchev–Trinajstić information content (AvgIpc) is 3.17. The van der Waals surface area contributed by atoms with E-state index in [0.29, 0.717) is 26.8 Å². The van der Waals surface area contributed by atoms with Crippen LogP contribution >= 0.6 is 11.3 Å². The normalized spacial score (nSPS) is 11.6. The number of nitrogens with one attached hydrogen (secondary N) is 1. The lowest BCUT2D eigenvalue weighted by Gasteiger charge is -2.22. The van der Waals surface area contributed by atoms with Gasteiger partial charge in [0.15, 0.2) is 16.2 Å². The summed E-state index contributed by atoms with van der Waals surface area (Å²) in [5.74, 6) is -1.01. The van der Waals surface area contributed by atoms with Crippen molar-refractivity contribution in [3.05, 3.63) is 70.2 Å². The molecule has 0 bridgehead atoms. The zero-order chi connectivity index (χ0) is 24.0. The molecular weight excluding hydrogens is 474 g/mol. The van der Waals surface area contributed by atoms with Crippen molar-refractivity contribution in [1.82, 2.24) is 10.3 Å². The minimum absolute atomic E-state index is 0.00895. The van der Waals surface area contributed by atoms with E-state index in [1.807, 2.05) is 6.07 Å². The first-order valence-electron chi connectivity index (χ1n) is 9.41. The number of hydrogen-bond donors (Lipinski definition) is 2. The van der Waals surface area contributed by atoms with Gasteiger partial charge >= 0.3 is 6.61 Å². The average molecular weight is 493 g/mol. The highest BCUT2D eigenvalue weighted by molar-refractivity contribution is 7.79. The molecule has 0 saturated carbocycles. The van der Waals surface area contributed by atoms with Gasteiger partial charge in [-0.2, -0.15) is 14.0 Å². The molecule has 1 amide bonds. The first-order chi connectivity index (χ1) is 15.8. The highest BCUT2D eigenvalue weighted by atomic mass is 32.2. The number of nitriles is 1. The minimum atomic E-state index is -2.95. The molecule has 3 aromatic rings. The lowest BCUT2D eigenvalue weighted by molar-refractivity contribution is -0.0498. The van der Waals surface area contributed by atoms with Gasteiger partial charge in [0.2, 0.25) is 0 Å². The molecule has 172 valence electrons. The van der Waals surface area contributed by atoms with Crippen LogP contribution in [0.5, 0.6) is 5.75 Å². The Bertz CT molecular complexity index is 1200. The van der Waals surface area contributed by atoms with Crippen molar-refractivity contribution < 1.29 is 27.1 Å². The summed E-state index contributed by atoms with van der Waals surface area (Å²) in [7, 11) is 0. The molecular formula is C21H18F2N4O4S2. The van der Waals surface area contributed by atoms with Crippen molar-refractivity contribution in [3.8, 4) is 11.8 Å². The van der Waals surface area contributed by atoms with Gasteiger partial charge in [0.25, 0.3) is 5.91 Å². The second kappa shape index (κ2) is 11.0. The smallest absolute Gasteiger partial charge is 0.387 e. The molecule has 1 unspecified atom stereocenters. The standard InChI is InChI=1S/C21H18F2N4O4S2/c1-13-18(19(28)25-12-33(29)30)26-21(32-13)27(16-7-5-14(10-24)6-8-16)11-15-3-2-4-17(9-15)31-20(22)23/h2-9,20H,11-12H2,1H3,(H,25,28)(H,29,30). The number of halogens is 2. The quantitative estimate of drug-likeness (QED) is 0.431. The Balaban J connectivity index is 1.96. The molecule has 12 heteroatoms. The summed E-state index contributed by atoms with van der Waals surface area (Å²) in [5, 5.41) is 11.9. The topological polar surface area (TPSA) is 116 Å². The molecule has 0 spiro atoms. The van der Waals surface area contributed by atoms with Gasteiger partial charge in [0.05, 0.1) is 18.2 Å². The van der Waals surface area contributed by atoms with Crippen LogP contribution in [-0.4, -0.2) is 32.1 Å². The van der Waals surface area contributed by atoms with E-state index in [0.717, 1.165) is 0 Å². The molecule has 1 heterocycles. The zero-order valence-corrected chi connectivity index (χ0v) is 18.8. The highest BCUT2D eigenvalue weighted by Gasteiger charge is 2.21. The van der Waals surface area contributed by atoms with E-state index in [4.69, 9.17) is 9.81 Å². The number of nitrogens with zero attached hydrogens (tertiary/aromatic N) is 3. The highest BCUT2D eigenvalue weighted by Crippen LogP contribution is 2.33. The van der Waals surface area contributed by atoms with Crippen LogP contribution in [0.15, 0.2) is 48.5 Å². The SMILES string of the molecule is Cc1sc(N(Cc2cccc(OC(F)F)c2)c2ccc(C#N)cc2)nc1C(=O)NCS(=O)O. The molecule has 2 N–H and O–H groups in total. The van der Waals surface area contributed by atoms with E-state index >= 15 is 0 Å². The van der Waals surface area contributed by atoms with E-state index in [1.165, 1.54) is 23.5 Å². The minimum Gasteiger partial charge on any atom is -0.435 e. The summed E-state index contributed by atoms with van der Waals surface area (Å²) in [4.78, 5) is 19.1. The Hall–Kier alpha value is -3.40. The van der Waals surface area contributed by atoms with Crippen LogP contribution in [0, 0.1) is 18.3 Å². The number of anilines is 2. The van der Waals surface area contributed by atoms with Crippen molar-refractivity contribution in [1.29, 1.82) is 5.26 Å². The number of amides is 1. The molecule has 3 rings (SSSR count). The maximum Gasteiger partial charge on any atom is 0.387 e. The third-order valence-electron chi connectivity index (χ3n) is 4.36. The molecule has 0 radical (unpaired) electrons. The number of alkyl halides is 2. The summed E-state index contributed by atoms with van der Waals surface area (Å²) in [6, 6.07) is 14.9. The first-order valence-corrected chi connectivity index (χ1v) is 11.5. The predicted molar refractivity (Wildman–Crippen MR) is 120 cm³/mol. The van der Waals surface area contributed by atoms with Gasteiger partial charge in [-0.1, -0.05) is 12.1 Å². The molecule has 2 aromatic carbocycles. The molecule has 8 nitrogen and oxygen atoms in total. The molecule has 0 aliphatic carbocycles. The summed E-state index contributed by atoms with van der Waals surface area (Å²) >= 11 is -0.970. The van der Waals surface area contributed by atoms with Gasteiger partial charge in [-0.15, -0.1) is 11.3 Å². The molecule has 1 atom stereocenters. The van der Waals surface area contributed by atoms with Gasteiger partial charge in [-0.25, -0.2) is 9.19 Å². The van der Waals surface area contributed by atoms with Crippen LogP contribution in [0.2, 0.25) is 0 Å². The van der Waals surface area contributed by atoms with Crippen molar-refractivity contribution in [2.24, 2.45) is 0 Å². The molecule has 0 aliphatic rings. The summed E-state index contributed by atoms with van der Waals surface area (Å²) in [6.45, 7) is -1.05. The zero-order valence-electron chi connectivity index (χ0n) is 17.2. The van der Waals surface area contributed by atoms with E-state index in [-0.39, 0.29) is 18.0 Å². The van der Waals surface area contributed by atoms with Gasteiger partial charge < -0.3 is 19.5 Å². The lowest BCUT2D eigenvalue weighted by atomic mass is 10.1. The second-order valence-corrected chi connectivity index (χ2v) is 8.76. The molecule has 1 aromatic heterocycles. The largest absolute Gasteiger partial charge is 0.435 e. The number of ether oxygens (including phenoxy) is 1. The lowest BCUT2D eigenvalue weighted by Crippen LogP contribution is -2.27. The monoisotopic (exact) mass is 492 g/mol. The van der Waals surface area contributed by atoms with Crippen LogP contribution in [0.25, 0.3) is 0 Å². The second-order valence-electron chi connectivity index (χ2n) is 6.64. The van der Waals surface area contributed by atoms with Crippen molar-refractivity contribution in [2.45, 2.75) is 20.1 Å². The van der Waals surface area contributed by atoms with Gasteiger partial charge in [0, 0.05) is 10.6 Å². The van der Waals surface area contributed by atoms with Crippen LogP contribution < -0.4 is 15.0 Å². The number of thiazole rings is 1. The van der Waals surface area contributed by atoms with Gasteiger partial charge in [-0.05, 0) is 48.9 Å². The number of carbonyl (C=O) groups is 1. The summed E-state index contributed by atoms with van der Waals surface area (Å²) < 4.78 is 49.5. The maximum absolute atomic E-state index is 12.6. The van der Waals surface area contributed by atoms with Crippen molar-refractivity contribution >= 4 is 39.1 Å². The third-order valence-corrected chi connectivity index (χ3v) is 5.74. The van der Waals surface area contributed by atoms with Crippen LogP contribution in [0.1, 0.15) is 26.5 Å². The fraction of sp³-hybridized carbons (Fsp3) is 0.190. The molecule has 0 aliphatic heterocycles. The molecule has 0 saturated heterocycles. The third kappa shape index (κ3) is 6.55. The summed E-state index contributed by atoms with van der Waals surface area (Å²) in [6.07, 6.45) is 0. The molecule has 0 fully saturated rings. The number of benzene rings is 2. The van der Waals surface area contributed by atoms with E-state index in [9.17, 15) is 17.8 Å². The van der Waals surface area contributed by atoms with E-state index in [2.05, 4.69) is 15.0 Å². The fourth-order valence-corrected chi connectivity index (χ4v) is 4.09. The predicted octanol–water partition coefficient (Wildman–Crippen LogP) is 4.17. The van der Waals surface area contributed by atoms with Crippen LogP contribution in [-0.2, 0) is 17.6 Å². The number of aryl methyl sites for hydroxylation is 1. The Kier molecular flexibility index (Phi) is 8.05. The van der Waals surface area contributed by atoms with Gasteiger partial charge in [0.1, 0.15) is 17.3 Å². The fourth-order valence-electron chi connectivity index (χ4n) is 2.91. The van der Waals surface area contributed by atoms with Crippen molar-refractivity contribution in [2.75, 3.05) is 10.8 Å². The number of carbonyl (C=O) groups excluding carboxylic acids is 1. The van der Waals surface area contributed by atoms with Crippen LogP contribution in [0.3, 0.4) is 0 Å². The van der Waals surface area contributed by atoms with E-state index < -0.39 is 29.5 Å². The number of aromatic nitrogens is 1. The van der Waals surface area contributed by atoms with Crippen molar-refractivity contribution in [3.63, 3.8) is 0 Å². The Morgan fingerprint density at radius 1 is 1.33 bits per heavy atom. The summed E-state index contributed by atoms with van der Waals surface area (Å²) in [5.41, 5.74) is 1.87. The number of rotatable bonds is 9. The Labute approximate surface area is 194 Å².